The molecule has 0 unspecified atom stereocenters. The van der Waals surface area contributed by atoms with Crippen LogP contribution in [0.2, 0.25) is 0 Å². The van der Waals surface area contributed by atoms with Crippen molar-refractivity contribution in [1.82, 2.24) is 10.2 Å². The van der Waals surface area contributed by atoms with Gasteiger partial charge in [-0.1, -0.05) is 51.1 Å². The van der Waals surface area contributed by atoms with Crippen molar-refractivity contribution in [3.05, 3.63) is 64.2 Å². The number of nitrogens with zero attached hydrogens (tertiary/aromatic N) is 3. The maximum Gasteiger partial charge on any atom is 0.271 e. The average Bonchev–Trinajstić information content (AvgIpc) is 2.87. The molecule has 0 bridgehead atoms. The second kappa shape index (κ2) is 13.8. The van der Waals surface area contributed by atoms with Crippen molar-refractivity contribution in [3.8, 4) is 5.75 Å². The highest BCUT2D eigenvalue weighted by Crippen LogP contribution is 2.33. The third-order valence-corrected chi connectivity index (χ3v) is 7.00. The molecule has 1 N–H and O–H groups in total. The van der Waals surface area contributed by atoms with Crippen LogP contribution in [0.5, 0.6) is 5.75 Å². The first-order valence-corrected chi connectivity index (χ1v) is 14.1. The van der Waals surface area contributed by atoms with Crippen molar-refractivity contribution in [2.45, 2.75) is 39.7 Å². The Bertz CT molecular complexity index is 1220. The molecule has 0 spiro atoms. The van der Waals surface area contributed by atoms with Gasteiger partial charge in [0, 0.05) is 25.2 Å². The number of nitrogens with one attached hydrogen (secondary N) is 1. The van der Waals surface area contributed by atoms with Crippen LogP contribution in [-0.2, 0) is 26.0 Å². The quantitative estimate of drug-likeness (QED) is 0.283. The summed E-state index contributed by atoms with van der Waals surface area (Å²) in [5, 5.41) is 14.2. The van der Waals surface area contributed by atoms with Gasteiger partial charge in [-0.2, -0.15) is 0 Å². The SMILES string of the molecule is CC[C@H](C(=O)NCC(C)C)N(CCc1ccccc1)C(=O)CN(c1cc([N+](=O)[O-])ccc1OC)S(C)(=O)=O. The van der Waals surface area contributed by atoms with Crippen molar-refractivity contribution in [3.63, 3.8) is 0 Å². The zero-order chi connectivity index (χ0) is 28.5. The topological polar surface area (TPSA) is 139 Å². The summed E-state index contributed by atoms with van der Waals surface area (Å²) >= 11 is 0. The maximum atomic E-state index is 13.7. The van der Waals surface area contributed by atoms with Gasteiger partial charge in [-0.15, -0.1) is 0 Å². The van der Waals surface area contributed by atoms with Crippen LogP contribution >= 0.6 is 0 Å². The zero-order valence-corrected chi connectivity index (χ0v) is 23.2. The number of hydrogen-bond acceptors (Lipinski definition) is 7. The molecule has 1 atom stereocenters. The fraction of sp³-hybridized carbons (Fsp3) is 0.462. The molecule has 0 heterocycles. The lowest BCUT2D eigenvalue weighted by atomic mass is 10.1. The summed E-state index contributed by atoms with van der Waals surface area (Å²) in [7, 11) is -2.78. The highest BCUT2D eigenvalue weighted by molar-refractivity contribution is 7.92. The Kier molecular flexibility index (Phi) is 11.1. The van der Waals surface area contributed by atoms with Crippen LogP contribution in [0.25, 0.3) is 0 Å². The van der Waals surface area contributed by atoms with E-state index < -0.39 is 33.4 Å². The number of methoxy groups -OCH3 is 1. The second-order valence-electron chi connectivity index (χ2n) is 9.27. The number of benzene rings is 2. The number of ether oxygens (including phenoxy) is 1. The van der Waals surface area contributed by atoms with Gasteiger partial charge in [-0.3, -0.25) is 24.0 Å². The summed E-state index contributed by atoms with van der Waals surface area (Å²) in [4.78, 5) is 38.9. The van der Waals surface area contributed by atoms with Gasteiger partial charge < -0.3 is 15.0 Å². The van der Waals surface area contributed by atoms with Crippen LogP contribution in [0.15, 0.2) is 48.5 Å². The Morgan fingerprint density at radius 3 is 2.32 bits per heavy atom. The van der Waals surface area contributed by atoms with E-state index in [4.69, 9.17) is 4.74 Å². The summed E-state index contributed by atoms with van der Waals surface area (Å²) in [6, 6.07) is 12.1. The molecule has 208 valence electrons. The second-order valence-corrected chi connectivity index (χ2v) is 11.2. The predicted octanol–water partition coefficient (Wildman–Crippen LogP) is 2.99. The smallest absolute Gasteiger partial charge is 0.271 e. The molecule has 0 aromatic heterocycles. The monoisotopic (exact) mass is 548 g/mol. The zero-order valence-electron chi connectivity index (χ0n) is 22.4. The molecule has 2 aromatic rings. The van der Waals surface area contributed by atoms with Crippen LogP contribution in [-0.4, -0.2) is 69.1 Å². The van der Waals surface area contributed by atoms with Crippen molar-refractivity contribution in [2.24, 2.45) is 5.92 Å². The van der Waals surface area contributed by atoms with E-state index in [-0.39, 0.29) is 35.5 Å². The normalized spacial score (nSPS) is 12.1. The van der Waals surface area contributed by atoms with E-state index in [1.807, 2.05) is 44.2 Å². The number of rotatable bonds is 14. The molecule has 0 radical (unpaired) electrons. The van der Waals surface area contributed by atoms with Gasteiger partial charge >= 0.3 is 0 Å². The standard InChI is InChI=1S/C26H36N4O7S/c1-6-22(26(32)27-17-19(2)3)28(15-14-20-10-8-7-9-11-20)25(31)18-29(38(5,35)36)23-16-21(30(33)34)12-13-24(23)37-4/h7-13,16,19,22H,6,14-15,17-18H2,1-5H3,(H,27,32)/t22-/m1/s1. The van der Waals surface area contributed by atoms with Gasteiger partial charge in [0.2, 0.25) is 21.8 Å². The first-order valence-electron chi connectivity index (χ1n) is 12.3. The van der Waals surface area contributed by atoms with E-state index in [0.717, 1.165) is 22.2 Å². The van der Waals surface area contributed by atoms with Crippen LogP contribution in [0.4, 0.5) is 11.4 Å². The number of carbonyl (C=O) groups is 2. The van der Waals surface area contributed by atoms with E-state index in [0.29, 0.717) is 19.4 Å². The molecule has 0 aliphatic rings. The lowest BCUT2D eigenvalue weighted by molar-refractivity contribution is -0.384. The molecule has 0 aliphatic heterocycles. The Hall–Kier alpha value is -3.67. The van der Waals surface area contributed by atoms with Crippen molar-refractivity contribution in [1.29, 1.82) is 0 Å². The highest BCUT2D eigenvalue weighted by atomic mass is 32.2. The van der Waals surface area contributed by atoms with E-state index in [1.54, 1.807) is 6.92 Å². The van der Waals surface area contributed by atoms with Gasteiger partial charge in [0.25, 0.3) is 5.69 Å². The maximum absolute atomic E-state index is 13.7. The van der Waals surface area contributed by atoms with Gasteiger partial charge in [0.1, 0.15) is 24.0 Å². The van der Waals surface area contributed by atoms with E-state index in [1.165, 1.54) is 24.1 Å². The lowest BCUT2D eigenvalue weighted by Crippen LogP contribution is -2.53. The molecule has 0 saturated heterocycles. The van der Waals surface area contributed by atoms with Crippen LogP contribution < -0.4 is 14.4 Å². The fourth-order valence-corrected chi connectivity index (χ4v) is 4.74. The number of sulfonamides is 1. The summed E-state index contributed by atoms with van der Waals surface area (Å²) in [5.74, 6) is -0.703. The molecule has 2 amide bonds. The number of hydrogen-bond donors (Lipinski definition) is 1. The van der Waals surface area contributed by atoms with Gasteiger partial charge in [0.15, 0.2) is 0 Å². The number of amides is 2. The molecule has 2 aromatic carbocycles. The third-order valence-electron chi connectivity index (χ3n) is 5.88. The third kappa shape index (κ3) is 8.44. The molecule has 38 heavy (non-hydrogen) atoms. The molecular formula is C26H36N4O7S. The number of carbonyl (C=O) groups excluding carboxylic acids is 2. The molecule has 0 fully saturated rings. The summed E-state index contributed by atoms with van der Waals surface area (Å²) in [6.07, 6.45) is 1.66. The predicted molar refractivity (Wildman–Crippen MR) is 146 cm³/mol. The van der Waals surface area contributed by atoms with E-state index in [9.17, 15) is 28.1 Å². The summed E-state index contributed by atoms with van der Waals surface area (Å²) in [6.45, 7) is 5.61. The first-order chi connectivity index (χ1) is 17.9. The minimum Gasteiger partial charge on any atom is -0.495 e. The molecule has 2 rings (SSSR count). The summed E-state index contributed by atoms with van der Waals surface area (Å²) < 4.78 is 31.7. The minimum atomic E-state index is -4.08. The Labute approximate surface area is 224 Å². The molecule has 12 heteroatoms. The largest absolute Gasteiger partial charge is 0.495 e. The van der Waals surface area contributed by atoms with Crippen LogP contribution in [0.1, 0.15) is 32.8 Å². The fourth-order valence-electron chi connectivity index (χ4n) is 3.90. The first kappa shape index (κ1) is 30.6. The molecule has 11 nitrogen and oxygen atoms in total. The number of nitro benzene ring substituents is 1. The van der Waals surface area contributed by atoms with Gasteiger partial charge in [0.05, 0.1) is 18.3 Å². The van der Waals surface area contributed by atoms with Crippen LogP contribution in [0, 0.1) is 16.0 Å². The molecule has 0 aliphatic carbocycles. The minimum absolute atomic E-state index is 0.0476. The number of non-ortho nitro benzene ring substituents is 1. The Balaban J connectivity index is 2.47. The van der Waals surface area contributed by atoms with Crippen molar-refractivity contribution >= 4 is 33.2 Å². The summed E-state index contributed by atoms with van der Waals surface area (Å²) in [5.41, 5.74) is 0.447. The van der Waals surface area contributed by atoms with E-state index in [2.05, 4.69) is 5.32 Å². The molecular weight excluding hydrogens is 512 g/mol. The Morgan fingerprint density at radius 1 is 1.13 bits per heavy atom. The Morgan fingerprint density at radius 2 is 1.79 bits per heavy atom. The van der Waals surface area contributed by atoms with Crippen molar-refractivity contribution in [2.75, 3.05) is 37.3 Å². The number of nitro groups is 1. The molecule has 0 saturated carbocycles. The van der Waals surface area contributed by atoms with Crippen molar-refractivity contribution < 1.29 is 27.7 Å². The van der Waals surface area contributed by atoms with E-state index >= 15 is 0 Å². The number of anilines is 1. The lowest BCUT2D eigenvalue weighted by Gasteiger charge is -2.33. The van der Waals surface area contributed by atoms with Gasteiger partial charge in [-0.25, -0.2) is 8.42 Å². The van der Waals surface area contributed by atoms with Crippen LogP contribution in [0.3, 0.4) is 0 Å². The van der Waals surface area contributed by atoms with Gasteiger partial charge in [-0.05, 0) is 30.4 Å². The average molecular weight is 549 g/mol. The highest BCUT2D eigenvalue weighted by Gasteiger charge is 2.33.